The Labute approximate surface area is 109 Å². The quantitative estimate of drug-likeness (QED) is 0.883. The van der Waals surface area contributed by atoms with Gasteiger partial charge in [0.25, 0.3) is 0 Å². The number of benzene rings is 1. The van der Waals surface area contributed by atoms with Crippen molar-refractivity contribution in [1.29, 1.82) is 5.26 Å². The Hall–Kier alpha value is -1.84. The molecule has 2 aromatic rings. The first kappa shape index (κ1) is 12.6. The highest BCUT2D eigenvalue weighted by atomic mass is 32.2. The molecule has 0 amide bonds. The van der Waals surface area contributed by atoms with Gasteiger partial charge < -0.3 is 5.11 Å². The van der Waals surface area contributed by atoms with Crippen LogP contribution in [0, 0.1) is 18.3 Å². The van der Waals surface area contributed by atoms with Gasteiger partial charge in [-0.05, 0) is 43.3 Å². The topological polar surface area (TPSA) is 85.6 Å². The molecule has 0 aliphatic heterocycles. The molecule has 92 valence electrons. The minimum Gasteiger partial charge on any atom is -0.389 e. The summed E-state index contributed by atoms with van der Waals surface area (Å²) in [4.78, 5) is 4.99. The van der Waals surface area contributed by atoms with Gasteiger partial charge in [0.1, 0.15) is 5.82 Å². The van der Waals surface area contributed by atoms with Crippen molar-refractivity contribution in [2.45, 2.75) is 30.0 Å². The molecule has 2 N–H and O–H groups in total. The SMILES string of the molecule is Cc1nc(Sc2cc(C#N)ccc2C(C)O)n[nH]1. The van der Waals surface area contributed by atoms with Crippen molar-refractivity contribution in [3.63, 3.8) is 0 Å². The summed E-state index contributed by atoms with van der Waals surface area (Å²) in [5.74, 6) is 0.729. The number of H-pyrrole nitrogens is 1. The van der Waals surface area contributed by atoms with Crippen LogP contribution in [0.3, 0.4) is 0 Å². The van der Waals surface area contributed by atoms with Gasteiger partial charge in [-0.25, -0.2) is 4.98 Å². The fourth-order valence-corrected chi connectivity index (χ4v) is 2.52. The lowest BCUT2D eigenvalue weighted by atomic mass is 10.1. The fraction of sp³-hybridized carbons (Fsp3) is 0.250. The maximum absolute atomic E-state index is 9.71. The number of nitrogens with zero attached hydrogens (tertiary/aromatic N) is 3. The average molecular weight is 260 g/mol. The average Bonchev–Trinajstić information content (AvgIpc) is 2.74. The van der Waals surface area contributed by atoms with E-state index in [1.165, 1.54) is 11.8 Å². The number of nitriles is 1. The summed E-state index contributed by atoms with van der Waals surface area (Å²) >= 11 is 1.33. The summed E-state index contributed by atoms with van der Waals surface area (Å²) in [7, 11) is 0. The second-order valence-electron chi connectivity index (χ2n) is 3.85. The Bertz CT molecular complexity index is 600. The molecule has 0 bridgehead atoms. The maximum atomic E-state index is 9.71. The van der Waals surface area contributed by atoms with E-state index in [0.717, 1.165) is 16.3 Å². The highest BCUT2D eigenvalue weighted by molar-refractivity contribution is 7.99. The summed E-state index contributed by atoms with van der Waals surface area (Å²) in [5, 5.41) is 26.0. The third-order valence-electron chi connectivity index (χ3n) is 2.37. The number of aliphatic hydroxyl groups excluding tert-OH is 1. The smallest absolute Gasteiger partial charge is 0.213 e. The van der Waals surface area contributed by atoms with E-state index in [-0.39, 0.29) is 0 Å². The zero-order valence-corrected chi connectivity index (χ0v) is 10.8. The highest BCUT2D eigenvalue weighted by Crippen LogP contribution is 2.32. The first-order valence-corrected chi connectivity index (χ1v) is 6.21. The summed E-state index contributed by atoms with van der Waals surface area (Å²) in [6.45, 7) is 3.51. The number of aryl methyl sites for hydroxylation is 1. The van der Waals surface area contributed by atoms with Crippen molar-refractivity contribution < 1.29 is 5.11 Å². The van der Waals surface area contributed by atoms with Gasteiger partial charge in [-0.3, -0.25) is 5.10 Å². The van der Waals surface area contributed by atoms with Crippen LogP contribution in [0.25, 0.3) is 0 Å². The van der Waals surface area contributed by atoms with E-state index in [1.807, 2.05) is 6.92 Å². The van der Waals surface area contributed by atoms with E-state index in [4.69, 9.17) is 5.26 Å². The second-order valence-corrected chi connectivity index (χ2v) is 4.85. The van der Waals surface area contributed by atoms with E-state index >= 15 is 0 Å². The molecule has 0 fully saturated rings. The van der Waals surface area contributed by atoms with Gasteiger partial charge in [0.05, 0.1) is 17.7 Å². The lowest BCUT2D eigenvalue weighted by Gasteiger charge is -2.10. The molecule has 1 unspecified atom stereocenters. The molecule has 18 heavy (non-hydrogen) atoms. The molecular weight excluding hydrogens is 248 g/mol. The summed E-state index contributed by atoms with van der Waals surface area (Å²) < 4.78 is 0. The monoisotopic (exact) mass is 260 g/mol. The molecule has 0 aliphatic carbocycles. The molecule has 1 aromatic heterocycles. The molecule has 0 aliphatic rings. The van der Waals surface area contributed by atoms with Crippen LogP contribution in [-0.2, 0) is 0 Å². The van der Waals surface area contributed by atoms with Crippen molar-refractivity contribution in [2.75, 3.05) is 0 Å². The Morgan fingerprint density at radius 3 is 2.83 bits per heavy atom. The molecule has 0 saturated carbocycles. The Balaban J connectivity index is 2.38. The van der Waals surface area contributed by atoms with Crippen molar-refractivity contribution in [2.24, 2.45) is 0 Å². The van der Waals surface area contributed by atoms with Crippen LogP contribution in [0.2, 0.25) is 0 Å². The predicted octanol–water partition coefficient (Wildman–Crippen LogP) is 2.19. The number of nitrogens with one attached hydrogen (secondary N) is 1. The number of aromatic amines is 1. The van der Waals surface area contributed by atoms with E-state index in [0.29, 0.717) is 10.7 Å². The van der Waals surface area contributed by atoms with Gasteiger partial charge in [0, 0.05) is 4.90 Å². The molecule has 0 radical (unpaired) electrons. The zero-order chi connectivity index (χ0) is 13.1. The predicted molar refractivity (Wildman–Crippen MR) is 67.0 cm³/mol. The minimum absolute atomic E-state index is 0.550. The van der Waals surface area contributed by atoms with E-state index in [1.54, 1.807) is 25.1 Å². The van der Waals surface area contributed by atoms with Gasteiger partial charge in [0.15, 0.2) is 0 Å². The van der Waals surface area contributed by atoms with Gasteiger partial charge >= 0.3 is 0 Å². The number of rotatable bonds is 3. The van der Waals surface area contributed by atoms with Crippen LogP contribution in [-0.4, -0.2) is 20.3 Å². The minimum atomic E-state index is -0.597. The fourth-order valence-electron chi connectivity index (χ4n) is 1.50. The Morgan fingerprint density at radius 2 is 2.28 bits per heavy atom. The van der Waals surface area contributed by atoms with Gasteiger partial charge in [-0.15, -0.1) is 5.10 Å². The summed E-state index contributed by atoms with van der Waals surface area (Å²) in [5.41, 5.74) is 1.32. The van der Waals surface area contributed by atoms with E-state index in [2.05, 4.69) is 21.3 Å². The number of hydrogen-bond acceptors (Lipinski definition) is 5. The van der Waals surface area contributed by atoms with Gasteiger partial charge in [-0.1, -0.05) is 6.07 Å². The molecule has 0 spiro atoms. The largest absolute Gasteiger partial charge is 0.389 e. The summed E-state index contributed by atoms with van der Waals surface area (Å²) in [6, 6.07) is 7.26. The molecule has 5 nitrogen and oxygen atoms in total. The second kappa shape index (κ2) is 5.21. The van der Waals surface area contributed by atoms with Crippen LogP contribution in [0.15, 0.2) is 28.3 Å². The first-order chi connectivity index (χ1) is 8.60. The van der Waals surface area contributed by atoms with Crippen LogP contribution in [0.4, 0.5) is 0 Å². The molecule has 0 saturated heterocycles. The van der Waals surface area contributed by atoms with Crippen molar-refractivity contribution in [3.05, 3.63) is 35.2 Å². The number of aliphatic hydroxyl groups is 1. The molecular formula is C12H12N4OS. The van der Waals surface area contributed by atoms with E-state index < -0.39 is 6.10 Å². The third kappa shape index (κ3) is 2.70. The summed E-state index contributed by atoms with van der Waals surface area (Å²) in [6.07, 6.45) is -0.597. The number of aromatic nitrogens is 3. The highest BCUT2D eigenvalue weighted by Gasteiger charge is 2.12. The third-order valence-corrected chi connectivity index (χ3v) is 3.31. The van der Waals surface area contributed by atoms with Crippen molar-refractivity contribution in [1.82, 2.24) is 15.2 Å². The standard InChI is InChI=1S/C12H12N4OS/c1-7(17)10-4-3-9(6-13)5-11(10)18-12-14-8(2)15-16-12/h3-5,7,17H,1-2H3,(H,14,15,16). The van der Waals surface area contributed by atoms with Gasteiger partial charge in [-0.2, -0.15) is 5.26 Å². The van der Waals surface area contributed by atoms with E-state index in [9.17, 15) is 5.11 Å². The van der Waals surface area contributed by atoms with Gasteiger partial charge in [0.2, 0.25) is 5.16 Å². The van der Waals surface area contributed by atoms with Crippen LogP contribution >= 0.6 is 11.8 Å². The zero-order valence-electron chi connectivity index (χ0n) is 10.0. The van der Waals surface area contributed by atoms with Crippen molar-refractivity contribution >= 4 is 11.8 Å². The lowest BCUT2D eigenvalue weighted by Crippen LogP contribution is -1.95. The molecule has 1 aromatic carbocycles. The molecule has 2 rings (SSSR count). The first-order valence-electron chi connectivity index (χ1n) is 5.39. The molecule has 1 heterocycles. The van der Waals surface area contributed by atoms with Crippen LogP contribution < -0.4 is 0 Å². The normalized spacial score (nSPS) is 12.1. The van der Waals surface area contributed by atoms with Crippen LogP contribution in [0.5, 0.6) is 0 Å². The Morgan fingerprint density at radius 1 is 1.50 bits per heavy atom. The Kier molecular flexibility index (Phi) is 3.65. The van der Waals surface area contributed by atoms with Crippen molar-refractivity contribution in [3.8, 4) is 6.07 Å². The maximum Gasteiger partial charge on any atom is 0.213 e. The van der Waals surface area contributed by atoms with Crippen LogP contribution in [0.1, 0.15) is 30.0 Å². The lowest BCUT2D eigenvalue weighted by molar-refractivity contribution is 0.196. The molecule has 6 heteroatoms. The number of hydrogen-bond donors (Lipinski definition) is 2. The molecule has 1 atom stereocenters.